The van der Waals surface area contributed by atoms with E-state index in [9.17, 15) is 0 Å². The third-order valence-corrected chi connectivity index (χ3v) is 2.29. The SMILES string of the molecule is Clc1ncnc2c1C=CCCC2. The first-order chi connectivity index (χ1) is 5.88. The van der Waals surface area contributed by atoms with Crippen molar-refractivity contribution in [3.05, 3.63) is 28.8 Å². The van der Waals surface area contributed by atoms with Crippen molar-refractivity contribution in [2.24, 2.45) is 0 Å². The predicted octanol–water partition coefficient (Wildman–Crippen LogP) is 2.48. The molecule has 62 valence electrons. The average Bonchev–Trinajstić information content (AvgIpc) is 2.30. The molecule has 0 saturated carbocycles. The van der Waals surface area contributed by atoms with Crippen molar-refractivity contribution in [3.8, 4) is 0 Å². The van der Waals surface area contributed by atoms with Crippen molar-refractivity contribution >= 4 is 17.7 Å². The molecule has 0 atom stereocenters. The van der Waals surface area contributed by atoms with Gasteiger partial charge in [-0.1, -0.05) is 23.8 Å². The van der Waals surface area contributed by atoms with E-state index >= 15 is 0 Å². The van der Waals surface area contributed by atoms with Crippen molar-refractivity contribution in [2.75, 3.05) is 0 Å². The number of rotatable bonds is 0. The Morgan fingerprint density at radius 2 is 2.25 bits per heavy atom. The van der Waals surface area contributed by atoms with Crippen molar-refractivity contribution in [1.82, 2.24) is 9.97 Å². The first-order valence-corrected chi connectivity index (χ1v) is 4.41. The van der Waals surface area contributed by atoms with Gasteiger partial charge in [-0.3, -0.25) is 0 Å². The highest BCUT2D eigenvalue weighted by atomic mass is 35.5. The van der Waals surface area contributed by atoms with Gasteiger partial charge in [-0.25, -0.2) is 9.97 Å². The first kappa shape index (κ1) is 7.74. The zero-order valence-electron chi connectivity index (χ0n) is 6.63. The van der Waals surface area contributed by atoms with Crippen LogP contribution in [0.15, 0.2) is 12.4 Å². The standard InChI is InChI=1S/C9H9ClN2/c10-9-7-4-2-1-3-5-8(7)11-6-12-9/h2,4,6H,1,3,5H2. The number of halogens is 1. The molecule has 1 heterocycles. The molecular formula is C9H9ClN2. The minimum atomic E-state index is 0.568. The first-order valence-electron chi connectivity index (χ1n) is 4.04. The predicted molar refractivity (Wildman–Crippen MR) is 49.0 cm³/mol. The zero-order valence-corrected chi connectivity index (χ0v) is 7.38. The lowest BCUT2D eigenvalue weighted by atomic mass is 10.2. The van der Waals surface area contributed by atoms with Crippen molar-refractivity contribution in [1.29, 1.82) is 0 Å². The molecule has 0 unspecified atom stereocenters. The molecular weight excluding hydrogens is 172 g/mol. The molecule has 0 aromatic carbocycles. The molecule has 1 aromatic heterocycles. The highest BCUT2D eigenvalue weighted by molar-refractivity contribution is 6.30. The topological polar surface area (TPSA) is 25.8 Å². The van der Waals surface area contributed by atoms with Gasteiger partial charge in [0.1, 0.15) is 11.5 Å². The summed E-state index contributed by atoms with van der Waals surface area (Å²) < 4.78 is 0. The summed E-state index contributed by atoms with van der Waals surface area (Å²) in [6.45, 7) is 0. The lowest BCUT2D eigenvalue weighted by Gasteiger charge is -2.01. The van der Waals surface area contributed by atoms with E-state index in [0.717, 1.165) is 30.5 Å². The Bertz CT molecular complexity index is 320. The Kier molecular flexibility index (Phi) is 2.09. The Morgan fingerprint density at radius 3 is 3.17 bits per heavy atom. The van der Waals surface area contributed by atoms with Crippen LogP contribution in [0.1, 0.15) is 24.1 Å². The number of allylic oxidation sites excluding steroid dienone is 1. The van der Waals surface area contributed by atoms with Gasteiger partial charge in [0.2, 0.25) is 0 Å². The maximum Gasteiger partial charge on any atom is 0.139 e. The number of hydrogen-bond acceptors (Lipinski definition) is 2. The lowest BCUT2D eigenvalue weighted by molar-refractivity contribution is 0.821. The molecule has 1 aromatic rings. The number of nitrogens with zero attached hydrogens (tertiary/aromatic N) is 2. The molecule has 3 heteroatoms. The van der Waals surface area contributed by atoms with Crippen LogP contribution in [-0.2, 0) is 6.42 Å². The van der Waals surface area contributed by atoms with E-state index in [1.54, 1.807) is 0 Å². The molecule has 1 aliphatic rings. The third-order valence-electron chi connectivity index (χ3n) is 1.99. The van der Waals surface area contributed by atoms with E-state index in [2.05, 4.69) is 16.0 Å². The fourth-order valence-corrected chi connectivity index (χ4v) is 1.58. The second-order valence-electron chi connectivity index (χ2n) is 2.82. The smallest absolute Gasteiger partial charge is 0.139 e. The van der Waals surface area contributed by atoms with E-state index in [4.69, 9.17) is 11.6 Å². The normalized spacial score (nSPS) is 15.4. The van der Waals surface area contributed by atoms with Crippen molar-refractivity contribution in [3.63, 3.8) is 0 Å². The maximum atomic E-state index is 5.91. The van der Waals surface area contributed by atoms with E-state index in [1.165, 1.54) is 6.33 Å². The molecule has 0 bridgehead atoms. The van der Waals surface area contributed by atoms with Crippen LogP contribution < -0.4 is 0 Å². The van der Waals surface area contributed by atoms with Crippen LogP contribution in [0.4, 0.5) is 0 Å². The number of fused-ring (bicyclic) bond motifs is 1. The van der Waals surface area contributed by atoms with E-state index < -0.39 is 0 Å². The molecule has 2 nitrogen and oxygen atoms in total. The lowest BCUT2D eigenvalue weighted by Crippen LogP contribution is -1.94. The Labute approximate surface area is 76.3 Å². The van der Waals surface area contributed by atoms with Gasteiger partial charge in [-0.15, -0.1) is 0 Å². The Hall–Kier alpha value is -0.890. The van der Waals surface area contributed by atoms with Gasteiger partial charge >= 0.3 is 0 Å². The second kappa shape index (κ2) is 3.23. The van der Waals surface area contributed by atoms with Crippen LogP contribution in [0.3, 0.4) is 0 Å². The number of aryl methyl sites for hydroxylation is 1. The Morgan fingerprint density at radius 1 is 1.33 bits per heavy atom. The summed E-state index contributed by atoms with van der Waals surface area (Å²) in [6.07, 6.45) is 8.93. The summed E-state index contributed by atoms with van der Waals surface area (Å²) in [5, 5.41) is 0.568. The molecule has 0 fully saturated rings. The van der Waals surface area contributed by atoms with E-state index in [-0.39, 0.29) is 0 Å². The van der Waals surface area contributed by atoms with Gasteiger partial charge in [-0.05, 0) is 19.3 Å². The summed E-state index contributed by atoms with van der Waals surface area (Å²) in [7, 11) is 0. The van der Waals surface area contributed by atoms with E-state index in [0.29, 0.717) is 5.15 Å². The maximum absolute atomic E-state index is 5.91. The third kappa shape index (κ3) is 1.34. The molecule has 0 spiro atoms. The van der Waals surface area contributed by atoms with Gasteiger partial charge in [0.05, 0.1) is 5.69 Å². The summed E-state index contributed by atoms with van der Waals surface area (Å²) in [5.41, 5.74) is 2.07. The molecule has 1 aliphatic carbocycles. The van der Waals surface area contributed by atoms with Gasteiger partial charge in [0.25, 0.3) is 0 Å². The summed E-state index contributed by atoms with van der Waals surface area (Å²) in [4.78, 5) is 8.13. The zero-order chi connectivity index (χ0) is 8.39. The highest BCUT2D eigenvalue weighted by Gasteiger charge is 2.08. The molecule has 0 saturated heterocycles. The molecule has 12 heavy (non-hydrogen) atoms. The minimum absolute atomic E-state index is 0.568. The van der Waals surface area contributed by atoms with Gasteiger partial charge in [-0.2, -0.15) is 0 Å². The number of aromatic nitrogens is 2. The van der Waals surface area contributed by atoms with Crippen LogP contribution in [0, 0.1) is 0 Å². The molecule has 2 rings (SSSR count). The highest BCUT2D eigenvalue weighted by Crippen LogP contribution is 2.21. The second-order valence-corrected chi connectivity index (χ2v) is 3.18. The summed E-state index contributed by atoms with van der Waals surface area (Å²) in [5.74, 6) is 0. The van der Waals surface area contributed by atoms with Crippen LogP contribution in [0.5, 0.6) is 0 Å². The summed E-state index contributed by atoms with van der Waals surface area (Å²) >= 11 is 5.91. The molecule has 0 aliphatic heterocycles. The van der Waals surface area contributed by atoms with Crippen LogP contribution in [0.25, 0.3) is 6.08 Å². The largest absolute Gasteiger partial charge is 0.241 e. The Balaban J connectivity index is 2.53. The quantitative estimate of drug-likeness (QED) is 0.574. The van der Waals surface area contributed by atoms with Gasteiger partial charge in [0.15, 0.2) is 0 Å². The number of hydrogen-bond donors (Lipinski definition) is 0. The van der Waals surface area contributed by atoms with Crippen molar-refractivity contribution < 1.29 is 0 Å². The average molecular weight is 181 g/mol. The fourth-order valence-electron chi connectivity index (χ4n) is 1.36. The van der Waals surface area contributed by atoms with Gasteiger partial charge in [0, 0.05) is 5.56 Å². The van der Waals surface area contributed by atoms with Crippen LogP contribution in [0.2, 0.25) is 5.15 Å². The van der Waals surface area contributed by atoms with E-state index in [1.807, 2.05) is 6.08 Å². The molecule has 0 N–H and O–H groups in total. The van der Waals surface area contributed by atoms with Crippen LogP contribution >= 0.6 is 11.6 Å². The monoisotopic (exact) mass is 180 g/mol. The molecule has 0 radical (unpaired) electrons. The van der Waals surface area contributed by atoms with Crippen molar-refractivity contribution in [2.45, 2.75) is 19.3 Å². The van der Waals surface area contributed by atoms with Gasteiger partial charge < -0.3 is 0 Å². The van der Waals surface area contributed by atoms with Crippen LogP contribution in [-0.4, -0.2) is 9.97 Å². The molecule has 0 amide bonds. The fraction of sp³-hybridized carbons (Fsp3) is 0.333. The minimum Gasteiger partial charge on any atom is -0.241 e. The summed E-state index contributed by atoms with van der Waals surface area (Å²) in [6, 6.07) is 0.